The van der Waals surface area contributed by atoms with E-state index in [0.29, 0.717) is 11.7 Å². The first-order valence-corrected chi connectivity index (χ1v) is 5.54. The van der Waals surface area contributed by atoms with E-state index in [9.17, 15) is 9.90 Å². The number of primary amides is 1. The molecule has 0 fully saturated rings. The molecule has 0 saturated carbocycles. The van der Waals surface area contributed by atoms with Crippen molar-refractivity contribution in [3.63, 3.8) is 0 Å². The van der Waals surface area contributed by atoms with E-state index in [0.717, 1.165) is 6.42 Å². The Hall–Kier alpha value is -1.69. The number of anilines is 1. The molecule has 0 aliphatic rings. The molecule has 4 N–H and O–H groups in total. The second-order valence-electron chi connectivity index (χ2n) is 4.32. The molecule has 1 unspecified atom stereocenters. The summed E-state index contributed by atoms with van der Waals surface area (Å²) < 4.78 is 0. The van der Waals surface area contributed by atoms with Crippen molar-refractivity contribution in [2.24, 2.45) is 11.7 Å². The van der Waals surface area contributed by atoms with Crippen LogP contribution >= 0.6 is 0 Å². The summed E-state index contributed by atoms with van der Waals surface area (Å²) in [5.74, 6) is 0.386. The summed E-state index contributed by atoms with van der Waals surface area (Å²) in [6, 6.07) is 3.06. The Labute approximate surface area is 100 Å². The highest BCUT2D eigenvalue weighted by atomic mass is 16.3. The lowest BCUT2D eigenvalue weighted by molar-refractivity contribution is 0.0994. The molecule has 1 aromatic heterocycles. The molecule has 1 amide bonds. The van der Waals surface area contributed by atoms with Gasteiger partial charge in [-0.1, -0.05) is 13.8 Å². The van der Waals surface area contributed by atoms with Gasteiger partial charge in [0.25, 0.3) is 5.91 Å². The third kappa shape index (κ3) is 4.36. The van der Waals surface area contributed by atoms with Crippen molar-refractivity contribution >= 4 is 11.7 Å². The van der Waals surface area contributed by atoms with Crippen LogP contribution in [-0.2, 0) is 0 Å². The molecule has 0 aliphatic heterocycles. The zero-order valence-corrected chi connectivity index (χ0v) is 10.1. The Morgan fingerprint density at radius 1 is 1.47 bits per heavy atom. The summed E-state index contributed by atoms with van der Waals surface area (Å²) in [5, 5.41) is 19.7. The molecule has 0 spiro atoms. The molecule has 0 aromatic carbocycles. The second-order valence-corrected chi connectivity index (χ2v) is 4.32. The van der Waals surface area contributed by atoms with Crippen molar-refractivity contribution in [3.05, 3.63) is 17.8 Å². The normalized spacial score (nSPS) is 12.5. The van der Waals surface area contributed by atoms with Crippen molar-refractivity contribution in [2.75, 3.05) is 11.9 Å². The fraction of sp³-hybridized carbons (Fsp3) is 0.545. The van der Waals surface area contributed by atoms with Crippen LogP contribution in [-0.4, -0.2) is 33.9 Å². The van der Waals surface area contributed by atoms with E-state index in [1.54, 1.807) is 6.07 Å². The molecular formula is C11H18N4O2. The molecular weight excluding hydrogens is 220 g/mol. The molecule has 17 heavy (non-hydrogen) atoms. The maximum absolute atomic E-state index is 10.8. The first-order chi connectivity index (χ1) is 8.02. The van der Waals surface area contributed by atoms with Crippen LogP contribution in [0, 0.1) is 5.92 Å². The predicted molar refractivity (Wildman–Crippen MR) is 64.5 cm³/mol. The molecule has 0 bridgehead atoms. The number of hydrogen-bond donors (Lipinski definition) is 3. The van der Waals surface area contributed by atoms with Gasteiger partial charge in [-0.25, -0.2) is 0 Å². The van der Waals surface area contributed by atoms with Gasteiger partial charge in [0, 0.05) is 0 Å². The van der Waals surface area contributed by atoms with Crippen LogP contribution in [0.2, 0.25) is 0 Å². The number of carbonyl (C=O) groups is 1. The molecule has 94 valence electrons. The minimum absolute atomic E-state index is 0.0252. The summed E-state index contributed by atoms with van der Waals surface area (Å²) in [6.07, 6.45) is 0.829. The van der Waals surface area contributed by atoms with Gasteiger partial charge in [0.05, 0.1) is 12.6 Å². The van der Waals surface area contributed by atoms with E-state index in [4.69, 9.17) is 5.73 Å². The van der Waals surface area contributed by atoms with E-state index < -0.39 is 5.91 Å². The Morgan fingerprint density at radius 2 is 2.18 bits per heavy atom. The first kappa shape index (κ1) is 13.4. The van der Waals surface area contributed by atoms with E-state index >= 15 is 0 Å². The van der Waals surface area contributed by atoms with Crippen molar-refractivity contribution in [3.8, 4) is 0 Å². The van der Waals surface area contributed by atoms with Crippen LogP contribution in [0.15, 0.2) is 12.1 Å². The zero-order chi connectivity index (χ0) is 12.8. The van der Waals surface area contributed by atoms with Gasteiger partial charge in [-0.05, 0) is 24.5 Å². The van der Waals surface area contributed by atoms with Crippen molar-refractivity contribution < 1.29 is 9.90 Å². The zero-order valence-electron chi connectivity index (χ0n) is 10.1. The van der Waals surface area contributed by atoms with Gasteiger partial charge in [-0.15, -0.1) is 10.2 Å². The number of nitrogens with zero attached hydrogens (tertiary/aromatic N) is 2. The van der Waals surface area contributed by atoms with Gasteiger partial charge in [-0.2, -0.15) is 0 Å². The molecule has 6 heteroatoms. The average molecular weight is 238 g/mol. The quantitative estimate of drug-likeness (QED) is 0.665. The van der Waals surface area contributed by atoms with E-state index in [1.807, 2.05) is 0 Å². The van der Waals surface area contributed by atoms with Crippen molar-refractivity contribution in [1.82, 2.24) is 10.2 Å². The number of aliphatic hydroxyl groups is 1. The smallest absolute Gasteiger partial charge is 0.269 e. The summed E-state index contributed by atoms with van der Waals surface area (Å²) >= 11 is 0. The largest absolute Gasteiger partial charge is 0.394 e. The van der Waals surface area contributed by atoms with Crippen LogP contribution < -0.4 is 11.1 Å². The molecule has 0 radical (unpaired) electrons. The summed E-state index contributed by atoms with van der Waals surface area (Å²) in [5.41, 5.74) is 5.18. The van der Waals surface area contributed by atoms with Gasteiger partial charge >= 0.3 is 0 Å². The molecule has 0 saturated heterocycles. The van der Waals surface area contributed by atoms with Crippen LogP contribution in [0.3, 0.4) is 0 Å². The number of nitrogens with one attached hydrogen (secondary N) is 1. The lowest BCUT2D eigenvalue weighted by atomic mass is 10.0. The lowest BCUT2D eigenvalue weighted by Gasteiger charge is -2.18. The van der Waals surface area contributed by atoms with Crippen LogP contribution in [0.1, 0.15) is 30.8 Å². The topological polar surface area (TPSA) is 101 Å². The number of nitrogens with two attached hydrogens (primary N) is 1. The molecule has 1 atom stereocenters. The summed E-state index contributed by atoms with van der Waals surface area (Å²) in [4.78, 5) is 10.8. The van der Waals surface area contributed by atoms with Crippen molar-refractivity contribution in [2.45, 2.75) is 26.3 Å². The minimum atomic E-state index is -0.607. The first-order valence-electron chi connectivity index (χ1n) is 5.54. The lowest BCUT2D eigenvalue weighted by Crippen LogP contribution is -2.26. The van der Waals surface area contributed by atoms with E-state index in [-0.39, 0.29) is 18.3 Å². The fourth-order valence-corrected chi connectivity index (χ4v) is 1.50. The highest BCUT2D eigenvalue weighted by Gasteiger charge is 2.11. The number of rotatable bonds is 6. The standard InChI is InChI=1S/C11H18N4O2/c1-7(2)5-8(6-16)13-10-4-3-9(11(12)17)14-15-10/h3-4,7-8,16H,5-6H2,1-2H3,(H2,12,17)(H,13,15). The highest BCUT2D eigenvalue weighted by Crippen LogP contribution is 2.10. The van der Waals surface area contributed by atoms with Gasteiger partial charge in [0.2, 0.25) is 0 Å². The number of amides is 1. The van der Waals surface area contributed by atoms with Crippen LogP contribution in [0.5, 0.6) is 0 Å². The summed E-state index contributed by atoms with van der Waals surface area (Å²) in [7, 11) is 0. The number of aliphatic hydroxyl groups excluding tert-OH is 1. The molecule has 1 rings (SSSR count). The average Bonchev–Trinajstić information content (AvgIpc) is 2.28. The predicted octanol–water partition coefficient (Wildman–Crippen LogP) is 0.394. The fourth-order valence-electron chi connectivity index (χ4n) is 1.50. The number of carbonyl (C=O) groups excluding carboxylic acids is 1. The second kappa shape index (κ2) is 6.15. The van der Waals surface area contributed by atoms with Crippen molar-refractivity contribution in [1.29, 1.82) is 0 Å². The van der Waals surface area contributed by atoms with Gasteiger partial charge in [0.1, 0.15) is 5.82 Å². The molecule has 0 aliphatic carbocycles. The van der Waals surface area contributed by atoms with Crippen LogP contribution in [0.25, 0.3) is 0 Å². The Bertz CT molecular complexity index is 364. The Kier molecular flexibility index (Phi) is 4.84. The van der Waals surface area contributed by atoms with Gasteiger partial charge in [0.15, 0.2) is 5.69 Å². The molecule has 1 heterocycles. The Balaban J connectivity index is 2.64. The monoisotopic (exact) mass is 238 g/mol. The maximum Gasteiger partial charge on any atom is 0.269 e. The maximum atomic E-state index is 10.8. The van der Waals surface area contributed by atoms with E-state index in [1.165, 1.54) is 6.07 Å². The minimum Gasteiger partial charge on any atom is -0.394 e. The van der Waals surface area contributed by atoms with Gasteiger partial charge in [-0.3, -0.25) is 4.79 Å². The number of aromatic nitrogens is 2. The molecule has 6 nitrogen and oxygen atoms in total. The summed E-state index contributed by atoms with van der Waals surface area (Å²) in [6.45, 7) is 4.18. The SMILES string of the molecule is CC(C)CC(CO)Nc1ccc(C(N)=O)nn1. The third-order valence-electron chi connectivity index (χ3n) is 2.25. The van der Waals surface area contributed by atoms with E-state index in [2.05, 4.69) is 29.4 Å². The molecule has 1 aromatic rings. The highest BCUT2D eigenvalue weighted by molar-refractivity contribution is 5.90. The van der Waals surface area contributed by atoms with Gasteiger partial charge < -0.3 is 16.2 Å². The van der Waals surface area contributed by atoms with Crippen LogP contribution in [0.4, 0.5) is 5.82 Å². The third-order valence-corrected chi connectivity index (χ3v) is 2.25. The number of hydrogen-bond acceptors (Lipinski definition) is 5. The Morgan fingerprint density at radius 3 is 2.59 bits per heavy atom.